The Balaban J connectivity index is 1.88. The number of hydrogen-bond donors (Lipinski definition) is 1. The summed E-state index contributed by atoms with van der Waals surface area (Å²) in [5.41, 5.74) is 6.99. The maximum atomic E-state index is 12.6. The van der Waals surface area contributed by atoms with E-state index in [1.165, 1.54) is 16.7 Å². The lowest BCUT2D eigenvalue weighted by molar-refractivity contribution is -0.119. The van der Waals surface area contributed by atoms with Crippen molar-refractivity contribution in [2.45, 2.75) is 33.1 Å². The number of carbonyl (C=O) groups is 1. The van der Waals surface area contributed by atoms with Gasteiger partial charge in [0, 0.05) is 11.3 Å². The first-order valence-corrected chi connectivity index (χ1v) is 7.70. The van der Waals surface area contributed by atoms with Crippen LogP contribution in [0.15, 0.2) is 17.7 Å². The van der Waals surface area contributed by atoms with Crippen LogP contribution in [0.3, 0.4) is 0 Å². The Morgan fingerprint density at radius 2 is 2.24 bits per heavy atom. The van der Waals surface area contributed by atoms with Crippen molar-refractivity contribution in [3.05, 3.63) is 28.8 Å². The van der Waals surface area contributed by atoms with Crippen molar-refractivity contribution in [2.24, 2.45) is 17.3 Å². The second-order valence-electron chi connectivity index (χ2n) is 7.03. The number of allylic oxidation sites excluding steroid dienone is 2. The third kappa shape index (κ3) is 1.17. The summed E-state index contributed by atoms with van der Waals surface area (Å²) in [4.78, 5) is 12.6. The van der Waals surface area contributed by atoms with E-state index in [-0.39, 0.29) is 11.3 Å². The molecule has 2 bridgehead atoms. The monoisotopic (exact) mass is 279 g/mol. The number of rotatable bonds is 0. The quantitative estimate of drug-likeness (QED) is 0.806. The predicted octanol–water partition coefficient (Wildman–Crippen LogP) is 2.90. The number of benzene rings is 1. The molecule has 2 aromatic rings. The van der Waals surface area contributed by atoms with Gasteiger partial charge in [-0.05, 0) is 60.4 Å². The zero-order chi connectivity index (χ0) is 14.4. The summed E-state index contributed by atoms with van der Waals surface area (Å²) in [7, 11) is 0. The molecular formula is C17H17N3O. The molecule has 0 aliphatic heterocycles. The van der Waals surface area contributed by atoms with E-state index in [2.05, 4.69) is 28.4 Å². The molecule has 0 amide bonds. The molecule has 1 N–H and O–H groups in total. The van der Waals surface area contributed by atoms with Gasteiger partial charge in [0.15, 0.2) is 5.78 Å². The molecule has 3 atom stereocenters. The molecule has 0 radical (unpaired) electrons. The summed E-state index contributed by atoms with van der Waals surface area (Å²) in [5, 5.41) is 11.2. The third-order valence-corrected chi connectivity index (χ3v) is 6.17. The Morgan fingerprint density at radius 3 is 3.10 bits per heavy atom. The van der Waals surface area contributed by atoms with Gasteiger partial charge in [-0.25, -0.2) is 0 Å². The number of carbonyl (C=O) groups excluding carboxylic acids is 1. The fourth-order valence-corrected chi connectivity index (χ4v) is 5.23. The lowest BCUT2D eigenvalue weighted by Crippen LogP contribution is -2.29. The van der Waals surface area contributed by atoms with Crippen molar-refractivity contribution in [3.63, 3.8) is 0 Å². The second-order valence-corrected chi connectivity index (χ2v) is 7.03. The van der Waals surface area contributed by atoms with Gasteiger partial charge in [0.1, 0.15) is 5.52 Å². The van der Waals surface area contributed by atoms with Crippen LogP contribution >= 0.6 is 0 Å². The van der Waals surface area contributed by atoms with E-state index >= 15 is 0 Å². The predicted molar refractivity (Wildman–Crippen MR) is 79.5 cm³/mol. The minimum atomic E-state index is 0.165. The zero-order valence-corrected chi connectivity index (χ0v) is 12.2. The Hall–Kier alpha value is -1.97. The summed E-state index contributed by atoms with van der Waals surface area (Å²) in [6.45, 7) is 4.34. The molecule has 5 rings (SSSR count). The minimum absolute atomic E-state index is 0.165. The van der Waals surface area contributed by atoms with Gasteiger partial charge in [0.05, 0.1) is 5.52 Å². The number of aromatic amines is 1. The van der Waals surface area contributed by atoms with Crippen molar-refractivity contribution in [3.8, 4) is 0 Å². The van der Waals surface area contributed by atoms with Gasteiger partial charge in [0.2, 0.25) is 0 Å². The van der Waals surface area contributed by atoms with E-state index in [1.54, 1.807) is 0 Å². The van der Waals surface area contributed by atoms with Crippen LogP contribution in [-0.2, 0) is 11.2 Å². The van der Waals surface area contributed by atoms with E-state index in [0.29, 0.717) is 11.7 Å². The fraction of sp³-hybridized carbons (Fsp3) is 0.471. The summed E-state index contributed by atoms with van der Waals surface area (Å²) >= 11 is 0. The Bertz CT molecular complexity index is 847. The molecule has 3 aliphatic carbocycles. The van der Waals surface area contributed by atoms with E-state index in [9.17, 15) is 4.79 Å². The number of ketones is 1. The van der Waals surface area contributed by atoms with Gasteiger partial charge in [-0.2, -0.15) is 0 Å². The number of Topliss-reactive ketones (excluding diaryl/α,β-unsaturated/α-hetero) is 1. The molecule has 4 heteroatoms. The van der Waals surface area contributed by atoms with Crippen LogP contribution < -0.4 is 0 Å². The average molecular weight is 279 g/mol. The minimum Gasteiger partial charge on any atom is -0.294 e. The van der Waals surface area contributed by atoms with Crippen molar-refractivity contribution < 1.29 is 4.79 Å². The van der Waals surface area contributed by atoms with Crippen LogP contribution in [0.2, 0.25) is 0 Å². The highest BCUT2D eigenvalue weighted by Crippen LogP contribution is 2.64. The number of nitrogens with one attached hydrogen (secondary N) is 1. The molecule has 21 heavy (non-hydrogen) atoms. The summed E-state index contributed by atoms with van der Waals surface area (Å²) in [5.74, 6) is 1.18. The van der Waals surface area contributed by atoms with Crippen LogP contribution in [0.4, 0.5) is 0 Å². The lowest BCUT2D eigenvalue weighted by atomic mass is 9.68. The number of nitrogens with zero attached hydrogens (tertiary/aromatic N) is 2. The SMILES string of the molecule is CC1=C2c3ccc4[nH]nnc4c3CC23CC(CC3C)C1=O. The first kappa shape index (κ1) is 11.7. The smallest absolute Gasteiger partial charge is 0.162 e. The van der Waals surface area contributed by atoms with Gasteiger partial charge >= 0.3 is 0 Å². The zero-order valence-electron chi connectivity index (χ0n) is 12.2. The van der Waals surface area contributed by atoms with Gasteiger partial charge in [-0.1, -0.05) is 18.2 Å². The summed E-state index contributed by atoms with van der Waals surface area (Å²) in [6, 6.07) is 4.20. The number of fused-ring (bicyclic) bond motifs is 5. The maximum Gasteiger partial charge on any atom is 0.162 e. The van der Waals surface area contributed by atoms with Crippen molar-refractivity contribution in [1.29, 1.82) is 0 Å². The van der Waals surface area contributed by atoms with Crippen molar-refractivity contribution in [2.75, 3.05) is 0 Å². The lowest BCUT2D eigenvalue weighted by Gasteiger charge is -2.34. The molecule has 4 nitrogen and oxygen atoms in total. The van der Waals surface area contributed by atoms with Gasteiger partial charge in [-0.3, -0.25) is 9.89 Å². The molecule has 1 saturated carbocycles. The highest BCUT2D eigenvalue weighted by molar-refractivity contribution is 6.09. The van der Waals surface area contributed by atoms with Crippen LogP contribution in [0.5, 0.6) is 0 Å². The molecule has 106 valence electrons. The average Bonchev–Trinajstić information content (AvgIpc) is 3.12. The van der Waals surface area contributed by atoms with E-state index in [4.69, 9.17) is 0 Å². The Kier molecular flexibility index (Phi) is 1.91. The Labute approximate surface area is 122 Å². The van der Waals surface area contributed by atoms with Crippen LogP contribution in [0.25, 0.3) is 16.6 Å². The highest BCUT2D eigenvalue weighted by Gasteiger charge is 2.57. The van der Waals surface area contributed by atoms with Crippen molar-refractivity contribution >= 4 is 22.4 Å². The number of H-pyrrole nitrogens is 1. The second kappa shape index (κ2) is 3.43. The standard InChI is InChI=1S/C17H17N3O/c1-8-5-10-6-17(8)7-12-11(14(17)9(2)16(10)21)3-4-13-15(12)19-20-18-13/h3-4,8,10H,5-7H2,1-2H3,(H,18,19,20). The van der Waals surface area contributed by atoms with Crippen LogP contribution in [0, 0.1) is 17.3 Å². The third-order valence-electron chi connectivity index (χ3n) is 6.17. The van der Waals surface area contributed by atoms with E-state index in [0.717, 1.165) is 35.9 Å². The normalized spacial score (nSPS) is 33.7. The molecule has 3 unspecified atom stereocenters. The van der Waals surface area contributed by atoms with Gasteiger partial charge in [-0.15, -0.1) is 5.10 Å². The molecule has 3 aliphatic rings. The molecule has 0 saturated heterocycles. The molecule has 1 spiro atoms. The number of aromatic nitrogens is 3. The highest BCUT2D eigenvalue weighted by atomic mass is 16.1. The molecular weight excluding hydrogens is 262 g/mol. The summed E-state index contributed by atoms with van der Waals surface area (Å²) < 4.78 is 0. The van der Waals surface area contributed by atoms with E-state index in [1.807, 2.05) is 13.0 Å². The molecule has 1 aromatic carbocycles. The van der Waals surface area contributed by atoms with Gasteiger partial charge < -0.3 is 0 Å². The maximum absolute atomic E-state index is 12.6. The van der Waals surface area contributed by atoms with Crippen LogP contribution in [-0.4, -0.2) is 21.2 Å². The van der Waals surface area contributed by atoms with Crippen molar-refractivity contribution in [1.82, 2.24) is 15.4 Å². The summed E-state index contributed by atoms with van der Waals surface area (Å²) in [6.07, 6.45) is 3.08. The first-order valence-electron chi connectivity index (χ1n) is 7.70. The first-order chi connectivity index (χ1) is 10.1. The molecule has 1 heterocycles. The van der Waals surface area contributed by atoms with Gasteiger partial charge in [0.25, 0.3) is 0 Å². The number of hydrogen-bond acceptors (Lipinski definition) is 3. The topological polar surface area (TPSA) is 58.6 Å². The Morgan fingerprint density at radius 1 is 1.38 bits per heavy atom. The van der Waals surface area contributed by atoms with E-state index < -0.39 is 0 Å². The molecule has 1 fully saturated rings. The fourth-order valence-electron chi connectivity index (χ4n) is 5.23. The molecule has 1 aromatic heterocycles. The largest absolute Gasteiger partial charge is 0.294 e. The van der Waals surface area contributed by atoms with Crippen LogP contribution in [0.1, 0.15) is 37.8 Å².